The second kappa shape index (κ2) is 12.7. The number of H-pyrrole nitrogens is 1. The van der Waals surface area contributed by atoms with E-state index >= 15 is 0 Å². The molecule has 200 valence electrons. The number of ether oxygens (including phenoxy) is 2. The largest absolute Gasteiger partial charge is 0.469 e. The molecule has 12 heteroatoms. The third-order valence-corrected chi connectivity index (χ3v) is 6.45. The van der Waals surface area contributed by atoms with E-state index in [1.807, 2.05) is 24.3 Å². The molecule has 0 saturated carbocycles. The Kier molecular flexibility index (Phi) is 9.09. The van der Waals surface area contributed by atoms with Gasteiger partial charge in [0.05, 0.1) is 20.1 Å². The van der Waals surface area contributed by atoms with Gasteiger partial charge in [-0.3, -0.25) is 19.7 Å². The number of carbonyl (C=O) groups is 1. The Morgan fingerprint density at radius 2 is 1.95 bits per heavy atom. The zero-order chi connectivity index (χ0) is 26.2. The van der Waals surface area contributed by atoms with Gasteiger partial charge in [-0.25, -0.2) is 9.80 Å². The van der Waals surface area contributed by atoms with E-state index in [-0.39, 0.29) is 29.9 Å². The summed E-state index contributed by atoms with van der Waals surface area (Å²) in [6, 6.07) is 8.15. The van der Waals surface area contributed by atoms with Crippen LogP contribution in [0.5, 0.6) is 6.01 Å². The molecule has 37 heavy (non-hydrogen) atoms. The average molecular weight is 513 g/mol. The molecule has 0 aliphatic carbocycles. The SMILES string of the molecule is CCCCOc1nc(N)c2[nH]c(=O)n(CCN3CCN(NCc4cccc(CC(=O)OC)c4)CC3)c2n1. The first-order chi connectivity index (χ1) is 18.0. The van der Waals surface area contributed by atoms with Crippen LogP contribution in [0.4, 0.5) is 5.82 Å². The van der Waals surface area contributed by atoms with Crippen LogP contribution in [0.25, 0.3) is 11.2 Å². The van der Waals surface area contributed by atoms with Crippen LogP contribution in [0, 0.1) is 0 Å². The summed E-state index contributed by atoms with van der Waals surface area (Å²) in [6.45, 7) is 7.93. The molecule has 0 amide bonds. The van der Waals surface area contributed by atoms with Gasteiger partial charge in [-0.2, -0.15) is 9.97 Å². The van der Waals surface area contributed by atoms with E-state index in [2.05, 4.69) is 37.2 Å². The van der Waals surface area contributed by atoms with E-state index in [9.17, 15) is 9.59 Å². The number of imidazole rings is 1. The maximum absolute atomic E-state index is 12.6. The van der Waals surface area contributed by atoms with E-state index in [0.29, 0.717) is 37.4 Å². The Hall–Kier alpha value is -3.48. The number of nitrogens with two attached hydrogens (primary N) is 1. The lowest BCUT2D eigenvalue weighted by Gasteiger charge is -2.34. The number of hydrogen-bond acceptors (Lipinski definition) is 10. The molecular weight excluding hydrogens is 476 g/mol. The summed E-state index contributed by atoms with van der Waals surface area (Å²) >= 11 is 0. The van der Waals surface area contributed by atoms with Crippen molar-refractivity contribution in [2.24, 2.45) is 0 Å². The van der Waals surface area contributed by atoms with Crippen molar-refractivity contribution >= 4 is 23.0 Å². The summed E-state index contributed by atoms with van der Waals surface area (Å²) in [4.78, 5) is 37.8. The minimum absolute atomic E-state index is 0.196. The predicted octanol–water partition coefficient (Wildman–Crippen LogP) is 0.919. The molecule has 0 atom stereocenters. The normalized spacial score (nSPS) is 14.8. The summed E-state index contributed by atoms with van der Waals surface area (Å²) in [5.41, 5.74) is 12.2. The topological polar surface area (TPSA) is 144 Å². The molecule has 0 unspecified atom stereocenters. The van der Waals surface area contributed by atoms with Gasteiger partial charge in [-0.1, -0.05) is 37.6 Å². The molecule has 2 aromatic heterocycles. The number of methoxy groups -OCH3 is 1. The van der Waals surface area contributed by atoms with Crippen LogP contribution < -0.4 is 21.6 Å². The van der Waals surface area contributed by atoms with Gasteiger partial charge in [0.25, 0.3) is 0 Å². The molecule has 1 aliphatic rings. The van der Waals surface area contributed by atoms with Crippen LogP contribution in [0.15, 0.2) is 29.1 Å². The number of anilines is 1. The number of piperazine rings is 1. The van der Waals surface area contributed by atoms with E-state index in [1.165, 1.54) is 7.11 Å². The van der Waals surface area contributed by atoms with Crippen LogP contribution in [-0.4, -0.2) is 81.8 Å². The van der Waals surface area contributed by atoms with E-state index in [4.69, 9.17) is 15.2 Å². The van der Waals surface area contributed by atoms with Gasteiger partial charge in [-0.05, 0) is 17.5 Å². The number of nitrogens with one attached hydrogen (secondary N) is 2. The van der Waals surface area contributed by atoms with Crippen molar-refractivity contribution in [1.29, 1.82) is 0 Å². The number of fused-ring (bicyclic) bond motifs is 1. The van der Waals surface area contributed by atoms with Crippen molar-refractivity contribution in [1.82, 2.24) is 34.9 Å². The van der Waals surface area contributed by atoms with Gasteiger partial charge < -0.3 is 20.2 Å². The van der Waals surface area contributed by atoms with Crippen molar-refractivity contribution < 1.29 is 14.3 Å². The summed E-state index contributed by atoms with van der Waals surface area (Å²) in [7, 11) is 1.40. The number of carbonyl (C=O) groups excluding carboxylic acids is 1. The van der Waals surface area contributed by atoms with Crippen LogP contribution in [-0.2, 0) is 29.0 Å². The lowest BCUT2D eigenvalue weighted by molar-refractivity contribution is -0.139. The summed E-state index contributed by atoms with van der Waals surface area (Å²) in [6.07, 6.45) is 2.16. The number of benzene rings is 1. The molecule has 3 aromatic rings. The molecule has 0 bridgehead atoms. The molecule has 1 fully saturated rings. The van der Waals surface area contributed by atoms with Gasteiger partial charge in [0.1, 0.15) is 5.52 Å². The Labute approximate surface area is 215 Å². The highest BCUT2D eigenvalue weighted by molar-refractivity contribution is 5.81. The van der Waals surface area contributed by atoms with Crippen LogP contribution >= 0.6 is 0 Å². The number of esters is 1. The molecule has 0 spiro atoms. The average Bonchev–Trinajstić information content (AvgIpc) is 3.22. The lowest BCUT2D eigenvalue weighted by atomic mass is 10.1. The molecule has 0 radical (unpaired) electrons. The number of rotatable bonds is 12. The number of hydrogen-bond donors (Lipinski definition) is 3. The molecule has 4 rings (SSSR count). The minimum Gasteiger partial charge on any atom is -0.469 e. The van der Waals surface area contributed by atoms with Gasteiger partial charge in [0.2, 0.25) is 0 Å². The number of aromatic amines is 1. The second-order valence-electron chi connectivity index (χ2n) is 9.11. The number of nitrogen functional groups attached to an aromatic ring is 1. The highest BCUT2D eigenvalue weighted by Crippen LogP contribution is 2.18. The van der Waals surface area contributed by atoms with Crippen molar-refractivity contribution in [2.75, 3.05) is 52.2 Å². The molecule has 1 aliphatic heterocycles. The molecular formula is C25H36N8O4. The number of hydrazine groups is 1. The summed E-state index contributed by atoms with van der Waals surface area (Å²) in [5, 5.41) is 2.20. The Bertz CT molecular complexity index is 1250. The highest BCUT2D eigenvalue weighted by atomic mass is 16.5. The molecule has 3 heterocycles. The van der Waals surface area contributed by atoms with Crippen molar-refractivity contribution in [3.8, 4) is 6.01 Å². The van der Waals surface area contributed by atoms with Crippen LogP contribution in [0.1, 0.15) is 30.9 Å². The van der Waals surface area contributed by atoms with Crippen LogP contribution in [0.3, 0.4) is 0 Å². The van der Waals surface area contributed by atoms with Gasteiger partial charge in [0.15, 0.2) is 11.5 Å². The third-order valence-electron chi connectivity index (χ3n) is 6.45. The summed E-state index contributed by atoms with van der Waals surface area (Å²) in [5.74, 6) is -0.0318. The fourth-order valence-corrected chi connectivity index (χ4v) is 4.27. The van der Waals surface area contributed by atoms with Crippen molar-refractivity contribution in [3.05, 3.63) is 45.9 Å². The fourth-order valence-electron chi connectivity index (χ4n) is 4.27. The maximum atomic E-state index is 12.6. The van der Waals surface area contributed by atoms with Gasteiger partial charge in [0, 0.05) is 45.8 Å². The third kappa shape index (κ3) is 7.06. The lowest BCUT2D eigenvalue weighted by Crippen LogP contribution is -2.52. The minimum atomic E-state index is -0.253. The first kappa shape index (κ1) is 26.6. The maximum Gasteiger partial charge on any atom is 0.327 e. The quantitative estimate of drug-likeness (QED) is 0.237. The Morgan fingerprint density at radius 1 is 1.16 bits per heavy atom. The molecule has 1 aromatic carbocycles. The van der Waals surface area contributed by atoms with E-state index in [1.54, 1.807) is 4.57 Å². The predicted molar refractivity (Wildman–Crippen MR) is 140 cm³/mol. The zero-order valence-corrected chi connectivity index (χ0v) is 21.5. The zero-order valence-electron chi connectivity index (χ0n) is 21.5. The van der Waals surface area contributed by atoms with Crippen molar-refractivity contribution in [3.63, 3.8) is 0 Å². The molecule has 4 N–H and O–H groups in total. The van der Waals surface area contributed by atoms with Gasteiger partial charge in [-0.15, -0.1) is 0 Å². The first-order valence-corrected chi connectivity index (χ1v) is 12.7. The van der Waals surface area contributed by atoms with Gasteiger partial charge >= 0.3 is 17.7 Å². The summed E-state index contributed by atoms with van der Waals surface area (Å²) < 4.78 is 12.0. The highest BCUT2D eigenvalue weighted by Gasteiger charge is 2.19. The van der Waals surface area contributed by atoms with Crippen LogP contribution in [0.2, 0.25) is 0 Å². The Morgan fingerprint density at radius 3 is 2.70 bits per heavy atom. The molecule has 12 nitrogen and oxygen atoms in total. The van der Waals surface area contributed by atoms with Crippen molar-refractivity contribution in [2.45, 2.75) is 39.3 Å². The second-order valence-corrected chi connectivity index (χ2v) is 9.11. The standard InChI is InChI=1S/C25H36N8O4/c1-3-4-14-37-24-29-22(26)21-23(30-24)33(25(35)28-21)13-10-31-8-11-32(12-9-31)27-17-19-7-5-6-18(15-19)16-20(34)36-2/h5-7,15,27H,3-4,8-14,16-17H2,1-2H3,(H,28,35)(H2,26,29,30). The Balaban J connectivity index is 1.27. The molecule has 1 saturated heterocycles. The van der Waals surface area contributed by atoms with E-state index in [0.717, 1.165) is 50.1 Å². The number of unbranched alkanes of at least 4 members (excludes halogenated alkanes) is 1. The first-order valence-electron chi connectivity index (χ1n) is 12.7. The number of nitrogens with zero attached hydrogens (tertiary/aromatic N) is 5. The smallest absolute Gasteiger partial charge is 0.327 e. The fraction of sp³-hybridized carbons (Fsp3) is 0.520. The van der Waals surface area contributed by atoms with E-state index < -0.39 is 0 Å². The monoisotopic (exact) mass is 512 g/mol. The number of aromatic nitrogens is 4.